The fourth-order valence-electron chi connectivity index (χ4n) is 3.34. The van der Waals surface area contributed by atoms with Gasteiger partial charge in [0.2, 0.25) is 0 Å². The molecule has 10 nitrogen and oxygen atoms in total. The van der Waals surface area contributed by atoms with E-state index in [-0.39, 0.29) is 24.2 Å². The van der Waals surface area contributed by atoms with Crippen LogP contribution < -0.4 is 21.7 Å². The Morgan fingerprint density at radius 1 is 1.23 bits per heavy atom. The first-order chi connectivity index (χ1) is 16.6. The second kappa shape index (κ2) is 11.3. The van der Waals surface area contributed by atoms with Gasteiger partial charge in [-0.15, -0.1) is 0 Å². The number of aliphatic hydroxyl groups is 1. The smallest absolute Gasteiger partial charge is 0.262 e. The van der Waals surface area contributed by atoms with Crippen LogP contribution >= 0.6 is 0 Å². The van der Waals surface area contributed by atoms with E-state index in [2.05, 4.69) is 32.7 Å². The van der Waals surface area contributed by atoms with Crippen molar-refractivity contribution >= 4 is 33.9 Å². The lowest BCUT2D eigenvalue weighted by Crippen LogP contribution is -2.29. The molecule has 0 unspecified atom stereocenters. The molecule has 3 aromatic rings. The van der Waals surface area contributed by atoms with Gasteiger partial charge in [0.05, 0.1) is 24.3 Å². The lowest BCUT2D eigenvalue weighted by Gasteiger charge is -2.23. The van der Waals surface area contributed by atoms with Crippen LogP contribution in [0.25, 0.3) is 16.5 Å². The molecule has 4 N–H and O–H groups in total. The minimum Gasteiger partial charge on any atom is -0.395 e. The number of rotatable bonds is 11. The molecule has 0 aromatic carbocycles. The average molecular weight is 482 g/mol. The van der Waals surface area contributed by atoms with Gasteiger partial charge in [0.15, 0.2) is 0 Å². The average Bonchev–Trinajstić information content (AvgIpc) is 2.77. The van der Waals surface area contributed by atoms with E-state index in [1.807, 2.05) is 58.0 Å². The number of aliphatic hydroxyl groups excluding tert-OH is 1. The van der Waals surface area contributed by atoms with Crippen molar-refractivity contribution in [2.45, 2.75) is 32.9 Å². The second-order valence-corrected chi connectivity index (χ2v) is 9.52. The van der Waals surface area contributed by atoms with E-state index in [1.165, 1.54) is 4.57 Å². The van der Waals surface area contributed by atoms with Crippen molar-refractivity contribution < 1.29 is 9.94 Å². The molecule has 0 saturated heterocycles. The Hall–Kier alpha value is -3.47. The van der Waals surface area contributed by atoms with Crippen molar-refractivity contribution in [1.82, 2.24) is 24.9 Å². The predicted octanol–water partition coefficient (Wildman–Crippen LogP) is 2.79. The van der Waals surface area contributed by atoms with E-state index in [1.54, 1.807) is 18.5 Å². The summed E-state index contributed by atoms with van der Waals surface area (Å²) in [5, 5.41) is 17.1. The summed E-state index contributed by atoms with van der Waals surface area (Å²) in [6, 6.07) is 7.32. The molecule has 0 amide bonds. The molecule has 0 radical (unpaired) electrons. The summed E-state index contributed by atoms with van der Waals surface area (Å²) < 4.78 is 1.48. The summed E-state index contributed by atoms with van der Waals surface area (Å²) in [7, 11) is 3.96. The fraction of sp³-hybridized carbons (Fsp3) is 0.400. The second-order valence-electron chi connectivity index (χ2n) is 9.52. The number of likely N-dealkylation sites (N-methyl/N-ethyl adjacent to an activating group) is 1. The largest absolute Gasteiger partial charge is 0.395 e. The van der Waals surface area contributed by atoms with Crippen LogP contribution in [-0.2, 0) is 11.4 Å². The molecule has 188 valence electrons. The highest BCUT2D eigenvalue weighted by Gasteiger charge is 2.17. The number of anilines is 3. The van der Waals surface area contributed by atoms with Gasteiger partial charge in [-0.3, -0.25) is 15.1 Å². The molecule has 0 fully saturated rings. The number of nitrogens with zero attached hydrogens (tertiary/aromatic N) is 4. The lowest BCUT2D eigenvalue weighted by atomic mass is 10.1. The number of pyridine rings is 3. The van der Waals surface area contributed by atoms with Crippen molar-refractivity contribution in [1.29, 1.82) is 0 Å². The molecule has 3 heterocycles. The van der Waals surface area contributed by atoms with Crippen LogP contribution in [0.3, 0.4) is 0 Å². The normalized spacial score (nSPS) is 11.6. The van der Waals surface area contributed by atoms with Crippen LogP contribution in [0.1, 0.15) is 26.3 Å². The van der Waals surface area contributed by atoms with Gasteiger partial charge in [-0.05, 0) is 64.5 Å². The Morgan fingerprint density at radius 3 is 2.69 bits per heavy atom. The summed E-state index contributed by atoms with van der Waals surface area (Å²) >= 11 is 0. The van der Waals surface area contributed by atoms with Gasteiger partial charge in [0.25, 0.3) is 5.56 Å². The number of hydrogen-bond acceptors (Lipinski definition) is 9. The van der Waals surface area contributed by atoms with Gasteiger partial charge < -0.3 is 25.2 Å². The van der Waals surface area contributed by atoms with Crippen LogP contribution in [0.15, 0.2) is 48.0 Å². The molecule has 0 spiro atoms. The van der Waals surface area contributed by atoms with Crippen LogP contribution in [0, 0.1) is 0 Å². The molecular weight excluding hydrogens is 446 g/mol. The van der Waals surface area contributed by atoms with E-state index in [4.69, 9.17) is 4.84 Å². The maximum Gasteiger partial charge on any atom is 0.262 e. The molecule has 10 heteroatoms. The SMILES string of the molecule is C=C(NOCCN(C)C)c1ccnc(Nc2cc3ccn(CCO)c(=O)c3c(NC(C)(C)C)n2)c1. The zero-order valence-electron chi connectivity index (χ0n) is 21.1. The Kier molecular flexibility index (Phi) is 8.44. The standard InChI is InChI=1S/C25H35N7O3/c1-17(30-35-14-12-31(5)6)18-7-9-26-20(15-18)27-21-16-19-8-10-32(11-13-33)24(34)22(19)23(28-21)29-25(2,3)4/h7-10,15-16,30,33H,1,11-14H2,2-6H3,(H2,26,27,28,29). The van der Waals surface area contributed by atoms with Gasteiger partial charge in [-0.25, -0.2) is 9.97 Å². The zero-order chi connectivity index (χ0) is 25.6. The Morgan fingerprint density at radius 2 is 2.00 bits per heavy atom. The quantitative estimate of drug-likeness (QED) is 0.242. The number of hydroxylamine groups is 1. The minimum absolute atomic E-state index is 0.122. The fourth-order valence-corrected chi connectivity index (χ4v) is 3.34. The number of hydrogen-bond donors (Lipinski definition) is 4. The van der Waals surface area contributed by atoms with E-state index >= 15 is 0 Å². The molecule has 35 heavy (non-hydrogen) atoms. The van der Waals surface area contributed by atoms with Gasteiger partial charge in [0.1, 0.15) is 17.5 Å². The maximum atomic E-state index is 13.1. The monoisotopic (exact) mass is 481 g/mol. The number of fused-ring (bicyclic) bond motifs is 1. The first-order valence-corrected chi connectivity index (χ1v) is 11.5. The molecule has 3 aromatic heterocycles. The van der Waals surface area contributed by atoms with Crippen molar-refractivity contribution in [3.8, 4) is 0 Å². The molecule has 0 bridgehead atoms. The van der Waals surface area contributed by atoms with E-state index in [0.717, 1.165) is 17.5 Å². The molecule has 0 aliphatic rings. The maximum absolute atomic E-state index is 13.1. The van der Waals surface area contributed by atoms with Crippen LogP contribution in [0.2, 0.25) is 0 Å². The van der Waals surface area contributed by atoms with Crippen molar-refractivity contribution in [3.63, 3.8) is 0 Å². The van der Waals surface area contributed by atoms with E-state index in [0.29, 0.717) is 35.1 Å². The number of nitrogens with one attached hydrogen (secondary N) is 3. The van der Waals surface area contributed by atoms with Gasteiger partial charge >= 0.3 is 0 Å². The third-order valence-electron chi connectivity index (χ3n) is 4.99. The summed E-state index contributed by atoms with van der Waals surface area (Å²) in [6.07, 6.45) is 3.35. The highest BCUT2D eigenvalue weighted by atomic mass is 16.6. The van der Waals surface area contributed by atoms with Gasteiger partial charge in [-0.2, -0.15) is 0 Å². The highest BCUT2D eigenvalue weighted by molar-refractivity contribution is 5.93. The van der Waals surface area contributed by atoms with E-state index < -0.39 is 0 Å². The van der Waals surface area contributed by atoms with Crippen LogP contribution in [0.4, 0.5) is 17.5 Å². The molecule has 0 saturated carbocycles. The third kappa shape index (κ3) is 7.25. The molecule has 0 aliphatic heterocycles. The predicted molar refractivity (Wildman–Crippen MR) is 141 cm³/mol. The highest BCUT2D eigenvalue weighted by Crippen LogP contribution is 2.26. The van der Waals surface area contributed by atoms with Gasteiger partial charge in [-0.1, -0.05) is 6.58 Å². The van der Waals surface area contributed by atoms with Crippen molar-refractivity contribution in [2.75, 3.05) is 44.5 Å². The molecule has 0 aliphatic carbocycles. The molecular formula is C25H35N7O3. The van der Waals surface area contributed by atoms with E-state index in [9.17, 15) is 9.90 Å². The van der Waals surface area contributed by atoms with Crippen molar-refractivity contribution in [3.05, 3.63) is 59.2 Å². The summed E-state index contributed by atoms with van der Waals surface area (Å²) in [5.41, 5.74) is 3.76. The molecule has 3 rings (SSSR count). The third-order valence-corrected chi connectivity index (χ3v) is 4.99. The lowest BCUT2D eigenvalue weighted by molar-refractivity contribution is 0.0670. The first-order valence-electron chi connectivity index (χ1n) is 11.5. The Bertz CT molecular complexity index is 1230. The Balaban J connectivity index is 1.89. The summed E-state index contributed by atoms with van der Waals surface area (Å²) in [6.45, 7) is 11.4. The molecule has 0 atom stereocenters. The van der Waals surface area contributed by atoms with Crippen molar-refractivity contribution in [2.24, 2.45) is 0 Å². The number of aromatic nitrogens is 3. The summed E-state index contributed by atoms with van der Waals surface area (Å²) in [5.74, 6) is 1.57. The summed E-state index contributed by atoms with van der Waals surface area (Å²) in [4.78, 5) is 29.6. The minimum atomic E-state index is -0.323. The van der Waals surface area contributed by atoms with Crippen LogP contribution in [0.5, 0.6) is 0 Å². The Labute approximate surface area is 205 Å². The first kappa shape index (κ1) is 26.1. The van der Waals surface area contributed by atoms with Gasteiger partial charge in [0, 0.05) is 36.6 Å². The topological polar surface area (TPSA) is 117 Å². The van der Waals surface area contributed by atoms with Crippen LogP contribution in [-0.4, -0.2) is 63.9 Å². The zero-order valence-corrected chi connectivity index (χ0v) is 21.1.